The molecule has 0 saturated heterocycles. The fourth-order valence-corrected chi connectivity index (χ4v) is 2.76. The lowest BCUT2D eigenvalue weighted by atomic mass is 10.2. The van der Waals surface area contributed by atoms with Gasteiger partial charge in [-0.3, -0.25) is 4.79 Å². The molecular weight excluding hydrogens is 287 g/mol. The van der Waals surface area contributed by atoms with Crippen LogP contribution in [0.25, 0.3) is 0 Å². The van der Waals surface area contributed by atoms with E-state index >= 15 is 0 Å². The highest BCUT2D eigenvalue weighted by Gasteiger charge is 2.09. The molecule has 19 heavy (non-hydrogen) atoms. The van der Waals surface area contributed by atoms with Gasteiger partial charge in [0.2, 0.25) is 11.0 Å². The fourth-order valence-electron chi connectivity index (χ4n) is 1.33. The van der Waals surface area contributed by atoms with Gasteiger partial charge in [0, 0.05) is 0 Å². The van der Waals surface area contributed by atoms with Crippen LogP contribution in [-0.4, -0.2) is 21.9 Å². The van der Waals surface area contributed by atoms with Crippen LogP contribution in [0.2, 0.25) is 0 Å². The molecule has 8 heteroatoms. The normalized spacial score (nSPS) is 10.4. The number of benzene rings is 1. The molecule has 3 N–H and O–H groups in total. The van der Waals surface area contributed by atoms with Crippen molar-refractivity contribution < 1.29 is 9.18 Å². The van der Waals surface area contributed by atoms with Gasteiger partial charge in [-0.1, -0.05) is 29.2 Å². The number of carbonyl (C=O) groups is 1. The molecule has 5 nitrogen and oxygen atoms in total. The highest BCUT2D eigenvalue weighted by Crippen LogP contribution is 2.23. The first-order valence-corrected chi connectivity index (χ1v) is 7.12. The van der Waals surface area contributed by atoms with Gasteiger partial charge < -0.3 is 11.1 Å². The summed E-state index contributed by atoms with van der Waals surface area (Å²) in [6.07, 6.45) is 0. The van der Waals surface area contributed by atoms with Gasteiger partial charge in [0.25, 0.3) is 0 Å². The highest BCUT2D eigenvalue weighted by molar-refractivity contribution is 8.01. The second-order valence-electron chi connectivity index (χ2n) is 3.73. The number of aromatic nitrogens is 2. The number of rotatable bonds is 4. The Morgan fingerprint density at radius 1 is 1.53 bits per heavy atom. The van der Waals surface area contributed by atoms with Crippen LogP contribution in [0.4, 0.5) is 15.2 Å². The van der Waals surface area contributed by atoms with Crippen LogP contribution in [0.1, 0.15) is 5.56 Å². The number of thioether (sulfide) groups is 1. The number of carbonyl (C=O) groups excluding carboxylic acids is 1. The average molecular weight is 298 g/mol. The first-order valence-electron chi connectivity index (χ1n) is 5.32. The minimum Gasteiger partial charge on any atom is -0.374 e. The van der Waals surface area contributed by atoms with Gasteiger partial charge >= 0.3 is 0 Å². The van der Waals surface area contributed by atoms with Gasteiger partial charge in [0.1, 0.15) is 5.82 Å². The van der Waals surface area contributed by atoms with Gasteiger partial charge in [-0.25, -0.2) is 4.39 Å². The maximum absolute atomic E-state index is 13.4. The number of aryl methyl sites for hydroxylation is 1. The maximum atomic E-state index is 13.4. The molecule has 0 spiro atoms. The minimum absolute atomic E-state index is 0.127. The van der Waals surface area contributed by atoms with Crippen LogP contribution in [0.15, 0.2) is 22.5 Å². The van der Waals surface area contributed by atoms with E-state index in [-0.39, 0.29) is 17.3 Å². The first kappa shape index (κ1) is 13.8. The van der Waals surface area contributed by atoms with Gasteiger partial charge in [-0.15, -0.1) is 10.2 Å². The zero-order valence-electron chi connectivity index (χ0n) is 10.0. The smallest absolute Gasteiger partial charge is 0.234 e. The lowest BCUT2D eigenvalue weighted by molar-refractivity contribution is -0.113. The predicted molar refractivity (Wildman–Crippen MR) is 74.8 cm³/mol. The molecule has 1 amide bonds. The Kier molecular flexibility index (Phi) is 4.33. The third-order valence-corrected chi connectivity index (χ3v) is 4.03. The third kappa shape index (κ3) is 3.90. The standard InChI is InChI=1S/C11H11FN4OS2/c1-6-2-3-7(12)8(4-6)14-9(17)5-18-11-16-15-10(13)19-11/h2-4H,5H2,1H3,(H2,13,15)(H,14,17). The van der Waals surface area contributed by atoms with Crippen molar-refractivity contribution in [3.63, 3.8) is 0 Å². The fraction of sp³-hybridized carbons (Fsp3) is 0.182. The number of nitrogens with two attached hydrogens (primary N) is 1. The number of halogens is 1. The van der Waals surface area contributed by atoms with E-state index < -0.39 is 5.82 Å². The molecule has 2 aromatic rings. The predicted octanol–water partition coefficient (Wildman–Crippen LogP) is 2.30. The van der Waals surface area contributed by atoms with Crippen LogP contribution < -0.4 is 11.1 Å². The molecule has 0 unspecified atom stereocenters. The van der Waals surface area contributed by atoms with E-state index in [2.05, 4.69) is 15.5 Å². The van der Waals surface area contributed by atoms with Crippen molar-refractivity contribution in [3.05, 3.63) is 29.6 Å². The van der Waals surface area contributed by atoms with Crippen LogP contribution in [0.3, 0.4) is 0 Å². The number of amides is 1. The van der Waals surface area contributed by atoms with E-state index in [9.17, 15) is 9.18 Å². The van der Waals surface area contributed by atoms with Crippen molar-refractivity contribution in [2.24, 2.45) is 0 Å². The average Bonchev–Trinajstić information content (AvgIpc) is 2.77. The minimum atomic E-state index is -0.455. The van der Waals surface area contributed by atoms with Crippen molar-refractivity contribution in [2.45, 2.75) is 11.3 Å². The Morgan fingerprint density at radius 2 is 2.32 bits per heavy atom. The summed E-state index contributed by atoms with van der Waals surface area (Å²) in [4.78, 5) is 11.7. The molecule has 100 valence electrons. The van der Waals surface area contributed by atoms with Gasteiger partial charge in [-0.2, -0.15) is 0 Å². The van der Waals surface area contributed by atoms with Crippen molar-refractivity contribution in [1.82, 2.24) is 10.2 Å². The molecule has 0 bridgehead atoms. The van der Waals surface area contributed by atoms with Crippen LogP contribution in [0, 0.1) is 12.7 Å². The molecular formula is C11H11FN4OS2. The summed E-state index contributed by atoms with van der Waals surface area (Å²) < 4.78 is 14.0. The third-order valence-electron chi connectivity index (χ3n) is 2.14. The Morgan fingerprint density at radius 3 is 3.00 bits per heavy atom. The van der Waals surface area contributed by atoms with E-state index in [0.717, 1.165) is 5.56 Å². The Hall–Kier alpha value is -1.67. The second kappa shape index (κ2) is 5.98. The lowest BCUT2D eigenvalue weighted by Crippen LogP contribution is -2.15. The summed E-state index contributed by atoms with van der Waals surface area (Å²) in [7, 11) is 0. The van der Waals surface area contributed by atoms with Crippen molar-refractivity contribution in [3.8, 4) is 0 Å². The van der Waals surface area contributed by atoms with E-state index in [1.165, 1.54) is 29.2 Å². The number of nitrogen functional groups attached to an aromatic ring is 1. The number of hydrogen-bond donors (Lipinski definition) is 2. The zero-order valence-corrected chi connectivity index (χ0v) is 11.6. The molecule has 0 aliphatic carbocycles. The molecule has 1 heterocycles. The summed E-state index contributed by atoms with van der Waals surface area (Å²) in [5, 5.41) is 10.3. The number of nitrogens with one attached hydrogen (secondary N) is 1. The molecule has 2 rings (SSSR count). The molecule has 0 fully saturated rings. The Labute approximate surface area is 117 Å². The second-order valence-corrected chi connectivity index (χ2v) is 5.96. The summed E-state index contributed by atoms with van der Waals surface area (Å²) in [6.45, 7) is 1.83. The van der Waals surface area contributed by atoms with Gasteiger partial charge in [0.05, 0.1) is 11.4 Å². The van der Waals surface area contributed by atoms with E-state index in [0.29, 0.717) is 9.47 Å². The maximum Gasteiger partial charge on any atom is 0.234 e. The summed E-state index contributed by atoms with van der Waals surface area (Å²) in [5.41, 5.74) is 6.49. The topological polar surface area (TPSA) is 80.9 Å². The summed E-state index contributed by atoms with van der Waals surface area (Å²) in [6, 6.07) is 4.55. The summed E-state index contributed by atoms with van der Waals surface area (Å²) >= 11 is 2.42. The first-order chi connectivity index (χ1) is 9.04. The molecule has 0 aliphatic rings. The number of anilines is 2. The van der Waals surface area contributed by atoms with Crippen LogP contribution >= 0.6 is 23.1 Å². The largest absolute Gasteiger partial charge is 0.374 e. The SMILES string of the molecule is Cc1ccc(F)c(NC(=O)CSc2nnc(N)s2)c1. The number of nitrogens with zero attached hydrogens (tertiary/aromatic N) is 2. The highest BCUT2D eigenvalue weighted by atomic mass is 32.2. The quantitative estimate of drug-likeness (QED) is 0.847. The lowest BCUT2D eigenvalue weighted by Gasteiger charge is -2.06. The zero-order chi connectivity index (χ0) is 13.8. The van der Waals surface area contributed by atoms with Crippen molar-refractivity contribution >= 4 is 39.8 Å². The molecule has 0 saturated carbocycles. The summed E-state index contributed by atoms with van der Waals surface area (Å²) in [5.74, 6) is -0.630. The number of hydrogen-bond acceptors (Lipinski definition) is 6. The van der Waals surface area contributed by atoms with Gasteiger partial charge in [-0.05, 0) is 24.6 Å². The van der Waals surface area contributed by atoms with Gasteiger partial charge in [0.15, 0.2) is 4.34 Å². The van der Waals surface area contributed by atoms with E-state index in [1.54, 1.807) is 12.1 Å². The Bertz CT molecular complexity index is 602. The Balaban J connectivity index is 1.92. The molecule has 0 radical (unpaired) electrons. The van der Waals surface area contributed by atoms with Crippen LogP contribution in [-0.2, 0) is 4.79 Å². The van der Waals surface area contributed by atoms with Crippen molar-refractivity contribution in [1.29, 1.82) is 0 Å². The van der Waals surface area contributed by atoms with E-state index in [1.807, 2.05) is 6.92 Å². The molecule has 1 aromatic carbocycles. The monoisotopic (exact) mass is 298 g/mol. The van der Waals surface area contributed by atoms with Crippen molar-refractivity contribution in [2.75, 3.05) is 16.8 Å². The van der Waals surface area contributed by atoms with E-state index in [4.69, 9.17) is 5.73 Å². The van der Waals surface area contributed by atoms with Crippen LogP contribution in [0.5, 0.6) is 0 Å². The molecule has 1 aromatic heterocycles. The molecule has 0 aliphatic heterocycles. The molecule has 0 atom stereocenters.